The van der Waals surface area contributed by atoms with Crippen molar-refractivity contribution < 1.29 is 26.7 Å². The normalized spacial score (nSPS) is 16.7. The van der Waals surface area contributed by atoms with Gasteiger partial charge in [0.15, 0.2) is 0 Å². The van der Waals surface area contributed by atoms with Crippen molar-refractivity contribution in [3.63, 3.8) is 0 Å². The summed E-state index contributed by atoms with van der Waals surface area (Å²) in [6.07, 6.45) is 4.12. The molecule has 1 aliphatic heterocycles. The first-order valence-electron chi connectivity index (χ1n) is 12.2. The molecule has 0 unspecified atom stereocenters. The number of rotatable bonds is 9. The lowest BCUT2D eigenvalue weighted by atomic mass is 10.0. The molecule has 0 fully saturated rings. The van der Waals surface area contributed by atoms with E-state index < -0.39 is 21.6 Å². The summed E-state index contributed by atoms with van der Waals surface area (Å²) in [4.78, 5) is 10.7. The summed E-state index contributed by atoms with van der Waals surface area (Å²) >= 11 is 0. The van der Waals surface area contributed by atoms with E-state index in [1.165, 1.54) is 0 Å². The molecule has 4 rings (SSSR count). The molecule has 2 heterocycles. The van der Waals surface area contributed by atoms with E-state index in [-0.39, 0.29) is 26.2 Å². The number of hydrogen-bond donors (Lipinski definition) is 2. The molecule has 0 aliphatic carbocycles. The van der Waals surface area contributed by atoms with Gasteiger partial charge in [-0.25, -0.2) is 18.4 Å². The first-order valence-corrected chi connectivity index (χ1v) is 13.7. The summed E-state index contributed by atoms with van der Waals surface area (Å²) in [7, 11) is -5.56. The van der Waals surface area contributed by atoms with Crippen LogP contribution in [0.5, 0.6) is 0 Å². The van der Waals surface area contributed by atoms with E-state index in [9.17, 15) is 21.6 Å². The molecule has 1 atom stereocenters. The lowest BCUT2D eigenvalue weighted by molar-refractivity contribution is -0.0492. The molecule has 204 valence electrons. The lowest BCUT2D eigenvalue weighted by Crippen LogP contribution is -2.47. The van der Waals surface area contributed by atoms with Crippen molar-refractivity contribution in [2.24, 2.45) is 0 Å². The van der Waals surface area contributed by atoms with E-state index in [1.54, 1.807) is 31.5 Å². The van der Waals surface area contributed by atoms with Gasteiger partial charge in [0.25, 0.3) is 0 Å². The van der Waals surface area contributed by atoms with E-state index in [2.05, 4.69) is 15.3 Å². The third-order valence-electron chi connectivity index (χ3n) is 6.58. The fourth-order valence-electron chi connectivity index (χ4n) is 4.58. The zero-order valence-electron chi connectivity index (χ0n) is 20.9. The number of aromatic nitrogens is 2. The first-order chi connectivity index (χ1) is 18.1. The Hall–Kier alpha value is -3.22. The number of nitrogens with one attached hydrogen (secondary N) is 1. The molecule has 0 radical (unpaired) electrons. The highest BCUT2D eigenvalue weighted by Crippen LogP contribution is 2.37. The minimum absolute atomic E-state index is 0.0495. The largest absolute Gasteiger partial charge is 0.511 e. The highest BCUT2D eigenvalue weighted by atomic mass is 32.2. The Kier molecular flexibility index (Phi) is 8.54. The average Bonchev–Trinajstić information content (AvgIpc) is 3.05. The SMILES string of the molecule is Cc1cccc2c1CN(S(=O)(=O)C(F)(F)F)C[C@@H](CCc1ccccc1)N2Cc1ncc(NCCO)cn1. The Labute approximate surface area is 220 Å². The van der Waals surface area contributed by atoms with Gasteiger partial charge >= 0.3 is 15.5 Å². The summed E-state index contributed by atoms with van der Waals surface area (Å²) < 4.78 is 66.9. The molecule has 0 saturated carbocycles. The van der Waals surface area contributed by atoms with Crippen LogP contribution >= 0.6 is 0 Å². The zero-order chi connectivity index (χ0) is 27.3. The van der Waals surface area contributed by atoms with Crippen LogP contribution in [-0.2, 0) is 29.5 Å². The molecule has 2 N–H and O–H groups in total. The minimum atomic E-state index is -5.56. The van der Waals surface area contributed by atoms with E-state index in [4.69, 9.17) is 5.11 Å². The quantitative estimate of drug-likeness (QED) is 0.418. The number of aliphatic hydroxyl groups is 1. The van der Waals surface area contributed by atoms with Crippen LogP contribution in [0.2, 0.25) is 0 Å². The van der Waals surface area contributed by atoms with E-state index >= 15 is 0 Å². The maximum atomic E-state index is 13.7. The van der Waals surface area contributed by atoms with Gasteiger partial charge in [-0.2, -0.15) is 17.5 Å². The van der Waals surface area contributed by atoms with Crippen LogP contribution in [0.25, 0.3) is 0 Å². The molecule has 8 nitrogen and oxygen atoms in total. The number of fused-ring (bicyclic) bond motifs is 1. The van der Waals surface area contributed by atoms with Crippen molar-refractivity contribution in [3.8, 4) is 0 Å². The molecular weight excluding hydrogens is 519 g/mol. The zero-order valence-corrected chi connectivity index (χ0v) is 21.7. The van der Waals surface area contributed by atoms with Crippen molar-refractivity contribution in [2.75, 3.05) is 29.9 Å². The van der Waals surface area contributed by atoms with Crippen molar-refractivity contribution >= 4 is 21.4 Å². The van der Waals surface area contributed by atoms with Crippen molar-refractivity contribution in [2.45, 2.75) is 44.4 Å². The summed E-state index contributed by atoms with van der Waals surface area (Å²) in [5.74, 6) is 0.434. The monoisotopic (exact) mass is 549 g/mol. The van der Waals surface area contributed by atoms with Gasteiger partial charge in [0.1, 0.15) is 5.82 Å². The Morgan fingerprint density at radius 3 is 2.45 bits per heavy atom. The Morgan fingerprint density at radius 1 is 1.08 bits per heavy atom. The topological polar surface area (TPSA) is 98.7 Å². The average molecular weight is 550 g/mol. The van der Waals surface area contributed by atoms with E-state index in [1.807, 2.05) is 41.3 Å². The first kappa shape index (κ1) is 27.8. The maximum Gasteiger partial charge on any atom is 0.511 e. The van der Waals surface area contributed by atoms with Gasteiger partial charge in [-0.15, -0.1) is 0 Å². The number of halogens is 3. The fourth-order valence-corrected chi connectivity index (χ4v) is 5.54. The van der Waals surface area contributed by atoms with E-state index in [0.717, 1.165) is 5.56 Å². The summed E-state index contributed by atoms with van der Waals surface area (Å²) in [6, 6.07) is 14.3. The second-order valence-corrected chi connectivity index (χ2v) is 11.1. The standard InChI is InChI=1S/C26H30F3N5O3S/c1-19-6-5-9-24-23(19)17-33(38(36,37)26(27,28)29)16-22(11-10-20-7-3-2-4-8-20)34(24)18-25-31-14-21(15-32-25)30-12-13-35/h2-9,14-15,22,30,35H,10-13,16-18H2,1H3/t22-/m1/s1. The Bertz CT molecular complexity index is 1320. The van der Waals surface area contributed by atoms with Gasteiger partial charge < -0.3 is 15.3 Å². The molecule has 38 heavy (non-hydrogen) atoms. The number of alkyl halides is 3. The lowest BCUT2D eigenvalue weighted by Gasteiger charge is -2.34. The molecular formula is C26H30F3N5O3S. The summed E-state index contributed by atoms with van der Waals surface area (Å²) in [5, 5.41) is 12.0. The van der Waals surface area contributed by atoms with Crippen LogP contribution in [0.1, 0.15) is 28.9 Å². The maximum absolute atomic E-state index is 13.7. The Balaban J connectivity index is 1.73. The number of nitrogens with zero attached hydrogens (tertiary/aromatic N) is 4. The second-order valence-electron chi connectivity index (χ2n) is 9.16. The van der Waals surface area contributed by atoms with Gasteiger partial charge in [0.2, 0.25) is 0 Å². The van der Waals surface area contributed by atoms with Crippen LogP contribution < -0.4 is 10.2 Å². The molecule has 3 aromatic rings. The highest BCUT2D eigenvalue weighted by molar-refractivity contribution is 7.89. The van der Waals surface area contributed by atoms with Gasteiger partial charge in [-0.05, 0) is 42.5 Å². The minimum Gasteiger partial charge on any atom is -0.395 e. The molecule has 0 spiro atoms. The van der Waals surface area contributed by atoms with Crippen LogP contribution in [0.15, 0.2) is 60.9 Å². The van der Waals surface area contributed by atoms with Crippen LogP contribution in [0.3, 0.4) is 0 Å². The number of benzene rings is 2. The van der Waals surface area contributed by atoms with Crippen molar-refractivity contribution in [3.05, 3.63) is 83.4 Å². The third-order valence-corrected chi connectivity index (χ3v) is 8.13. The molecule has 12 heteroatoms. The van der Waals surface area contributed by atoms with Crippen molar-refractivity contribution in [1.82, 2.24) is 14.3 Å². The molecule has 1 aromatic heterocycles. The van der Waals surface area contributed by atoms with Crippen LogP contribution in [0.4, 0.5) is 24.5 Å². The predicted octanol–water partition coefficient (Wildman–Crippen LogP) is 3.86. The smallest absolute Gasteiger partial charge is 0.395 e. The van der Waals surface area contributed by atoms with Gasteiger partial charge in [-0.1, -0.05) is 42.5 Å². The molecule has 0 amide bonds. The number of sulfonamides is 1. The number of hydrogen-bond acceptors (Lipinski definition) is 7. The fraction of sp³-hybridized carbons (Fsp3) is 0.385. The summed E-state index contributed by atoms with van der Waals surface area (Å²) in [5.41, 5.74) is -1.91. The highest BCUT2D eigenvalue weighted by Gasteiger charge is 2.51. The number of anilines is 2. The van der Waals surface area contributed by atoms with Crippen LogP contribution in [-0.4, -0.2) is 59.0 Å². The van der Waals surface area contributed by atoms with Gasteiger partial charge in [0, 0.05) is 31.4 Å². The van der Waals surface area contributed by atoms with Crippen molar-refractivity contribution in [1.29, 1.82) is 0 Å². The Morgan fingerprint density at radius 2 is 1.79 bits per heavy atom. The molecule has 2 aromatic carbocycles. The number of aryl methyl sites for hydroxylation is 2. The van der Waals surface area contributed by atoms with Crippen LogP contribution in [0, 0.1) is 6.92 Å². The molecule has 1 aliphatic rings. The van der Waals surface area contributed by atoms with Gasteiger partial charge in [-0.3, -0.25) is 0 Å². The molecule has 0 saturated heterocycles. The predicted molar refractivity (Wildman–Crippen MR) is 139 cm³/mol. The van der Waals surface area contributed by atoms with Gasteiger partial charge in [0.05, 0.1) is 31.2 Å². The molecule has 0 bridgehead atoms. The summed E-state index contributed by atoms with van der Waals surface area (Å²) in [6.45, 7) is 1.51. The second kappa shape index (κ2) is 11.7. The third kappa shape index (κ3) is 6.25. The number of aliphatic hydroxyl groups excluding tert-OH is 1. The van der Waals surface area contributed by atoms with E-state index in [0.29, 0.717) is 52.0 Å².